The van der Waals surface area contributed by atoms with Crippen molar-refractivity contribution in [3.63, 3.8) is 0 Å². The van der Waals surface area contributed by atoms with E-state index in [9.17, 15) is 27.6 Å². The van der Waals surface area contributed by atoms with Gasteiger partial charge in [-0.1, -0.05) is 18.2 Å². The van der Waals surface area contributed by atoms with Crippen molar-refractivity contribution in [2.24, 2.45) is 5.92 Å². The van der Waals surface area contributed by atoms with Crippen molar-refractivity contribution in [1.29, 1.82) is 0 Å². The lowest BCUT2D eigenvalue weighted by atomic mass is 10.1. The molecule has 0 saturated carbocycles. The van der Waals surface area contributed by atoms with Gasteiger partial charge in [0.2, 0.25) is 11.8 Å². The Morgan fingerprint density at radius 3 is 2.48 bits per heavy atom. The Morgan fingerprint density at radius 1 is 1.10 bits per heavy atom. The van der Waals surface area contributed by atoms with E-state index in [0.29, 0.717) is 5.69 Å². The fraction of sp³-hybridized carbons (Fsp3) is 0.318. The smallest absolute Gasteiger partial charge is 0.350 e. The minimum absolute atomic E-state index is 0.0493. The molecule has 2 aromatic rings. The Hall–Kier alpha value is -3.36. The third kappa shape index (κ3) is 5.22. The molecule has 1 aliphatic heterocycles. The third-order valence-corrected chi connectivity index (χ3v) is 4.83. The van der Waals surface area contributed by atoms with E-state index in [0.717, 1.165) is 12.1 Å². The molecule has 0 radical (unpaired) electrons. The van der Waals surface area contributed by atoms with Crippen LogP contribution in [-0.4, -0.2) is 30.3 Å². The Bertz CT molecular complexity index is 1000. The summed E-state index contributed by atoms with van der Waals surface area (Å²) in [7, 11) is 0. The van der Waals surface area contributed by atoms with Gasteiger partial charge in [0.25, 0.3) is 5.91 Å². The highest BCUT2D eigenvalue weighted by atomic mass is 19.4. The summed E-state index contributed by atoms with van der Waals surface area (Å²) in [6.45, 7) is 3.57. The standard InChI is InChI=1S/C22H22F3N3O3/c1-13(2)26-21(31)17-8-3-4-9-18(17)27-20(30)14-10-19(29)28(12-14)16-7-5-6-15(11-16)22(23,24)25/h3-9,11,13-14H,10,12H2,1-2H3,(H,26,31)(H,27,30)/t14-/m0/s1. The quantitative estimate of drug-likeness (QED) is 0.752. The van der Waals surface area contributed by atoms with Crippen molar-refractivity contribution >= 4 is 29.1 Å². The largest absolute Gasteiger partial charge is 0.416 e. The van der Waals surface area contributed by atoms with Crippen LogP contribution in [0.15, 0.2) is 48.5 Å². The number of nitrogens with one attached hydrogen (secondary N) is 2. The first kappa shape index (κ1) is 22.3. The highest BCUT2D eigenvalue weighted by molar-refractivity contribution is 6.07. The molecule has 6 nitrogen and oxygen atoms in total. The molecule has 1 saturated heterocycles. The molecule has 0 aromatic heterocycles. The molecule has 2 aromatic carbocycles. The fourth-order valence-electron chi connectivity index (χ4n) is 3.35. The van der Waals surface area contributed by atoms with E-state index in [2.05, 4.69) is 10.6 Å². The summed E-state index contributed by atoms with van der Waals surface area (Å²) >= 11 is 0. The number of hydrogen-bond acceptors (Lipinski definition) is 3. The normalized spacial score (nSPS) is 16.5. The second-order valence-corrected chi connectivity index (χ2v) is 7.62. The predicted molar refractivity (Wildman–Crippen MR) is 110 cm³/mol. The highest BCUT2D eigenvalue weighted by Gasteiger charge is 2.37. The number of nitrogens with zero attached hydrogens (tertiary/aromatic N) is 1. The second kappa shape index (κ2) is 8.79. The zero-order valence-electron chi connectivity index (χ0n) is 17.0. The SMILES string of the molecule is CC(C)NC(=O)c1ccccc1NC(=O)[C@H]1CC(=O)N(c2cccc(C(F)(F)F)c2)C1. The molecule has 0 unspecified atom stereocenters. The number of carbonyl (C=O) groups excluding carboxylic acids is 3. The number of benzene rings is 2. The molecule has 1 fully saturated rings. The third-order valence-electron chi connectivity index (χ3n) is 4.83. The number of halogens is 3. The molecule has 1 atom stereocenters. The van der Waals surface area contributed by atoms with Gasteiger partial charge in [0.15, 0.2) is 0 Å². The fourth-order valence-corrected chi connectivity index (χ4v) is 3.35. The number of carbonyl (C=O) groups is 3. The Balaban J connectivity index is 1.74. The van der Waals surface area contributed by atoms with Crippen LogP contribution in [0.5, 0.6) is 0 Å². The number of amides is 3. The molecule has 9 heteroatoms. The average Bonchev–Trinajstić information content (AvgIpc) is 3.09. The van der Waals surface area contributed by atoms with Gasteiger partial charge in [0, 0.05) is 24.7 Å². The maximum Gasteiger partial charge on any atom is 0.416 e. The predicted octanol–water partition coefficient (Wildman–Crippen LogP) is 3.84. The molecule has 1 heterocycles. The molecule has 3 rings (SSSR count). The maximum atomic E-state index is 13.0. The van der Waals surface area contributed by atoms with Crippen LogP contribution in [0.4, 0.5) is 24.5 Å². The summed E-state index contributed by atoms with van der Waals surface area (Å²) < 4.78 is 38.9. The van der Waals surface area contributed by atoms with Crippen LogP contribution < -0.4 is 15.5 Å². The molecule has 0 bridgehead atoms. The van der Waals surface area contributed by atoms with E-state index in [1.165, 1.54) is 17.0 Å². The monoisotopic (exact) mass is 433 g/mol. The van der Waals surface area contributed by atoms with E-state index in [-0.39, 0.29) is 36.2 Å². The van der Waals surface area contributed by atoms with Crippen molar-refractivity contribution < 1.29 is 27.6 Å². The van der Waals surface area contributed by atoms with Gasteiger partial charge < -0.3 is 15.5 Å². The number of hydrogen-bond donors (Lipinski definition) is 2. The summed E-state index contributed by atoms with van der Waals surface area (Å²) in [5.41, 5.74) is -0.193. The molecule has 0 spiro atoms. The van der Waals surface area contributed by atoms with Crippen LogP contribution in [0.25, 0.3) is 0 Å². The first-order valence-electron chi connectivity index (χ1n) is 9.74. The lowest BCUT2D eigenvalue weighted by molar-refractivity contribution is -0.137. The van der Waals surface area contributed by atoms with E-state index in [1.807, 2.05) is 13.8 Å². The molecular formula is C22H22F3N3O3. The van der Waals surface area contributed by atoms with Gasteiger partial charge in [0.1, 0.15) is 0 Å². The molecule has 3 amide bonds. The van der Waals surface area contributed by atoms with Crippen molar-refractivity contribution in [2.75, 3.05) is 16.8 Å². The van der Waals surface area contributed by atoms with Gasteiger partial charge in [-0.15, -0.1) is 0 Å². The Kier molecular flexibility index (Phi) is 6.33. The molecular weight excluding hydrogens is 411 g/mol. The first-order chi connectivity index (χ1) is 14.6. The van der Waals surface area contributed by atoms with Crippen molar-refractivity contribution in [2.45, 2.75) is 32.5 Å². The number of rotatable bonds is 5. The van der Waals surface area contributed by atoms with Crippen molar-refractivity contribution in [3.05, 3.63) is 59.7 Å². The highest BCUT2D eigenvalue weighted by Crippen LogP contribution is 2.33. The minimum atomic E-state index is -4.53. The van der Waals surface area contributed by atoms with Crippen LogP contribution >= 0.6 is 0 Å². The summed E-state index contributed by atoms with van der Waals surface area (Å²) in [5, 5.41) is 5.43. The summed E-state index contributed by atoms with van der Waals surface area (Å²) in [6, 6.07) is 10.8. The summed E-state index contributed by atoms with van der Waals surface area (Å²) in [4.78, 5) is 38.7. The van der Waals surface area contributed by atoms with Crippen molar-refractivity contribution in [1.82, 2.24) is 5.32 Å². The van der Waals surface area contributed by atoms with Gasteiger partial charge in [0.05, 0.1) is 22.7 Å². The van der Waals surface area contributed by atoms with Crippen LogP contribution in [0.2, 0.25) is 0 Å². The lowest BCUT2D eigenvalue weighted by Crippen LogP contribution is -2.32. The number of alkyl halides is 3. The van der Waals surface area contributed by atoms with Crippen LogP contribution in [-0.2, 0) is 15.8 Å². The van der Waals surface area contributed by atoms with Crippen molar-refractivity contribution in [3.8, 4) is 0 Å². The lowest BCUT2D eigenvalue weighted by Gasteiger charge is -2.19. The van der Waals surface area contributed by atoms with Gasteiger partial charge in [-0.3, -0.25) is 14.4 Å². The molecule has 1 aliphatic rings. The van der Waals surface area contributed by atoms with E-state index in [1.54, 1.807) is 24.3 Å². The zero-order valence-corrected chi connectivity index (χ0v) is 17.0. The van der Waals surface area contributed by atoms with Gasteiger partial charge in [-0.2, -0.15) is 13.2 Å². The number of anilines is 2. The van der Waals surface area contributed by atoms with Crippen LogP contribution in [0.1, 0.15) is 36.2 Å². The molecule has 164 valence electrons. The second-order valence-electron chi connectivity index (χ2n) is 7.62. The van der Waals surface area contributed by atoms with E-state index >= 15 is 0 Å². The van der Waals surface area contributed by atoms with Crippen LogP contribution in [0, 0.1) is 5.92 Å². The van der Waals surface area contributed by atoms with Gasteiger partial charge in [-0.25, -0.2) is 0 Å². The van der Waals surface area contributed by atoms with Gasteiger partial charge >= 0.3 is 6.18 Å². The minimum Gasteiger partial charge on any atom is -0.350 e. The zero-order chi connectivity index (χ0) is 22.8. The average molecular weight is 433 g/mol. The maximum absolute atomic E-state index is 13.0. The molecule has 31 heavy (non-hydrogen) atoms. The van der Waals surface area contributed by atoms with E-state index in [4.69, 9.17) is 0 Å². The summed E-state index contributed by atoms with van der Waals surface area (Å²) in [6.07, 6.45) is -4.67. The van der Waals surface area contributed by atoms with Crippen LogP contribution in [0.3, 0.4) is 0 Å². The summed E-state index contributed by atoms with van der Waals surface area (Å²) in [5.74, 6) is -2.03. The number of para-hydroxylation sites is 1. The molecule has 2 N–H and O–H groups in total. The topological polar surface area (TPSA) is 78.5 Å². The first-order valence-corrected chi connectivity index (χ1v) is 9.74. The van der Waals surface area contributed by atoms with E-state index < -0.39 is 29.5 Å². The van der Waals surface area contributed by atoms with Gasteiger partial charge in [-0.05, 0) is 44.2 Å². The Labute approximate surface area is 177 Å². The molecule has 0 aliphatic carbocycles. The Morgan fingerprint density at radius 2 is 1.81 bits per heavy atom.